The van der Waals surface area contributed by atoms with Crippen molar-refractivity contribution in [2.24, 2.45) is 5.92 Å². The molecule has 0 radical (unpaired) electrons. The summed E-state index contributed by atoms with van der Waals surface area (Å²) < 4.78 is 33.4. The van der Waals surface area contributed by atoms with Crippen LogP contribution in [0.2, 0.25) is 0 Å². The average molecular weight is 460 g/mol. The molecule has 2 aromatic carbocycles. The zero-order valence-corrected chi connectivity index (χ0v) is 18.9. The topological polar surface area (TPSA) is 88.6 Å². The minimum Gasteiger partial charge on any atom is -0.497 e. The van der Waals surface area contributed by atoms with Crippen molar-refractivity contribution in [1.29, 1.82) is 0 Å². The van der Waals surface area contributed by atoms with E-state index in [1.165, 1.54) is 4.31 Å². The van der Waals surface area contributed by atoms with E-state index in [0.29, 0.717) is 44.6 Å². The Kier molecular flexibility index (Phi) is 6.54. The number of methoxy groups -OCH3 is 1. The fourth-order valence-electron chi connectivity index (χ4n) is 3.72. The lowest BCUT2D eigenvalue weighted by Gasteiger charge is -2.30. The summed E-state index contributed by atoms with van der Waals surface area (Å²) in [5, 5.41) is 3.99. The van der Waals surface area contributed by atoms with Crippen molar-refractivity contribution in [1.82, 2.24) is 14.6 Å². The lowest BCUT2D eigenvalue weighted by Crippen LogP contribution is -2.43. The van der Waals surface area contributed by atoms with E-state index in [1.54, 1.807) is 42.7 Å². The average Bonchev–Trinajstić information content (AvgIpc) is 3.22. The van der Waals surface area contributed by atoms with Gasteiger partial charge in [-0.2, -0.15) is 4.31 Å². The van der Waals surface area contributed by atoms with Crippen LogP contribution in [0.3, 0.4) is 0 Å². The summed E-state index contributed by atoms with van der Waals surface area (Å²) in [6, 6.07) is 14.4. The minimum absolute atomic E-state index is 0.0115. The van der Waals surface area contributed by atoms with Crippen LogP contribution in [0.1, 0.15) is 17.8 Å². The molecule has 0 spiro atoms. The van der Waals surface area contributed by atoms with Gasteiger partial charge in [0.15, 0.2) is 0 Å². The van der Waals surface area contributed by atoms with Crippen LogP contribution in [-0.2, 0) is 21.2 Å². The predicted molar refractivity (Wildman–Crippen MR) is 121 cm³/mol. The first kappa shape index (κ1) is 21.7. The number of amides is 1. The maximum Gasteiger partial charge on any atom is 0.243 e. The van der Waals surface area contributed by atoms with Gasteiger partial charge in [0.05, 0.1) is 27.2 Å². The summed E-state index contributed by atoms with van der Waals surface area (Å²) in [5.74, 6) is 0.431. The van der Waals surface area contributed by atoms with Crippen LogP contribution >= 0.6 is 11.3 Å². The molecule has 0 atom stereocenters. The molecule has 7 nitrogen and oxygen atoms in total. The van der Waals surface area contributed by atoms with Gasteiger partial charge < -0.3 is 10.1 Å². The highest BCUT2D eigenvalue weighted by Gasteiger charge is 2.32. The van der Waals surface area contributed by atoms with E-state index in [9.17, 15) is 13.2 Å². The molecule has 1 saturated heterocycles. The van der Waals surface area contributed by atoms with Crippen molar-refractivity contribution >= 4 is 37.5 Å². The number of rotatable bonds is 7. The van der Waals surface area contributed by atoms with Gasteiger partial charge in [-0.3, -0.25) is 4.79 Å². The van der Waals surface area contributed by atoms with Gasteiger partial charge in [0.25, 0.3) is 0 Å². The lowest BCUT2D eigenvalue weighted by atomic mass is 9.97. The Morgan fingerprint density at radius 3 is 2.55 bits per heavy atom. The van der Waals surface area contributed by atoms with Gasteiger partial charge in [0.2, 0.25) is 15.9 Å². The summed E-state index contributed by atoms with van der Waals surface area (Å²) in [6.45, 7) is 1.21. The van der Waals surface area contributed by atoms with Crippen molar-refractivity contribution in [3.8, 4) is 5.75 Å². The van der Waals surface area contributed by atoms with E-state index in [4.69, 9.17) is 4.74 Å². The molecule has 0 bridgehead atoms. The molecular weight excluding hydrogens is 434 g/mol. The number of carbonyl (C=O) groups excluding carboxylic acids is 1. The number of ether oxygens (including phenoxy) is 1. The zero-order chi connectivity index (χ0) is 21.8. The van der Waals surface area contributed by atoms with Crippen LogP contribution in [-0.4, -0.2) is 50.4 Å². The predicted octanol–water partition coefficient (Wildman–Crippen LogP) is 3.06. The minimum atomic E-state index is -3.56. The van der Waals surface area contributed by atoms with E-state index in [1.807, 2.05) is 24.3 Å². The number of nitrogens with one attached hydrogen (secondary N) is 1. The molecule has 2 heterocycles. The van der Waals surface area contributed by atoms with Crippen LogP contribution in [0, 0.1) is 5.92 Å². The fraction of sp³-hybridized carbons (Fsp3) is 0.364. The van der Waals surface area contributed by atoms with Gasteiger partial charge in [0, 0.05) is 32.0 Å². The Hall–Kier alpha value is -2.49. The summed E-state index contributed by atoms with van der Waals surface area (Å²) in [7, 11) is -2.02. The van der Waals surface area contributed by atoms with E-state index in [-0.39, 0.29) is 16.7 Å². The second kappa shape index (κ2) is 9.33. The van der Waals surface area contributed by atoms with Crippen LogP contribution in [0.15, 0.2) is 53.4 Å². The monoisotopic (exact) mass is 459 g/mol. The molecule has 1 N–H and O–H groups in total. The molecule has 1 amide bonds. The quantitative estimate of drug-likeness (QED) is 0.587. The number of fused-ring (bicyclic) bond motifs is 1. The number of carbonyl (C=O) groups is 1. The van der Waals surface area contributed by atoms with Crippen LogP contribution in [0.4, 0.5) is 0 Å². The van der Waals surface area contributed by atoms with Crippen LogP contribution in [0.25, 0.3) is 10.2 Å². The summed E-state index contributed by atoms with van der Waals surface area (Å²) in [4.78, 5) is 17.4. The first-order chi connectivity index (χ1) is 15.0. The number of thiazole rings is 1. The molecule has 0 saturated carbocycles. The molecule has 4 rings (SSSR count). The zero-order valence-electron chi connectivity index (χ0n) is 17.3. The van der Waals surface area contributed by atoms with Crippen molar-refractivity contribution in [3.05, 3.63) is 53.5 Å². The Balaban J connectivity index is 1.27. The second-order valence-electron chi connectivity index (χ2n) is 7.47. The van der Waals surface area contributed by atoms with Crippen molar-refractivity contribution in [2.75, 3.05) is 26.7 Å². The molecule has 1 aliphatic heterocycles. The van der Waals surface area contributed by atoms with Crippen molar-refractivity contribution in [3.63, 3.8) is 0 Å². The molecule has 1 fully saturated rings. The Morgan fingerprint density at radius 1 is 1.16 bits per heavy atom. The van der Waals surface area contributed by atoms with Crippen molar-refractivity contribution < 1.29 is 17.9 Å². The van der Waals surface area contributed by atoms with Crippen LogP contribution in [0.5, 0.6) is 5.75 Å². The summed E-state index contributed by atoms with van der Waals surface area (Å²) in [6.07, 6.45) is 1.72. The van der Waals surface area contributed by atoms with E-state index in [0.717, 1.165) is 15.2 Å². The molecule has 1 aliphatic rings. The van der Waals surface area contributed by atoms with Crippen molar-refractivity contribution in [2.45, 2.75) is 24.2 Å². The molecule has 9 heteroatoms. The maximum absolute atomic E-state index is 12.8. The Bertz CT molecular complexity index is 1120. The van der Waals surface area contributed by atoms with Gasteiger partial charge in [-0.25, -0.2) is 13.4 Å². The first-order valence-electron chi connectivity index (χ1n) is 10.2. The number of para-hydroxylation sites is 1. The summed E-state index contributed by atoms with van der Waals surface area (Å²) >= 11 is 1.64. The summed E-state index contributed by atoms with van der Waals surface area (Å²) in [5.41, 5.74) is 0.985. The first-order valence-corrected chi connectivity index (χ1v) is 12.5. The molecule has 3 aromatic rings. The molecule has 164 valence electrons. The van der Waals surface area contributed by atoms with Gasteiger partial charge >= 0.3 is 0 Å². The highest BCUT2D eigenvalue weighted by Crippen LogP contribution is 2.25. The van der Waals surface area contributed by atoms with Gasteiger partial charge in [0.1, 0.15) is 5.75 Å². The molecule has 0 unspecified atom stereocenters. The molecule has 1 aromatic heterocycles. The number of benzene rings is 2. The van der Waals surface area contributed by atoms with E-state index >= 15 is 0 Å². The molecular formula is C22H25N3O4S2. The third kappa shape index (κ3) is 4.89. The van der Waals surface area contributed by atoms with E-state index in [2.05, 4.69) is 10.3 Å². The molecule has 31 heavy (non-hydrogen) atoms. The molecule has 0 aliphatic carbocycles. The highest BCUT2D eigenvalue weighted by atomic mass is 32.2. The maximum atomic E-state index is 12.8. The van der Waals surface area contributed by atoms with Gasteiger partial charge in [-0.1, -0.05) is 12.1 Å². The fourth-order valence-corrected chi connectivity index (χ4v) is 6.16. The lowest BCUT2D eigenvalue weighted by molar-refractivity contribution is -0.126. The second-order valence-corrected chi connectivity index (χ2v) is 10.5. The number of sulfonamides is 1. The number of hydrogen-bond donors (Lipinski definition) is 1. The van der Waals surface area contributed by atoms with Gasteiger partial charge in [-0.15, -0.1) is 11.3 Å². The largest absolute Gasteiger partial charge is 0.497 e. The normalized spacial score (nSPS) is 15.8. The third-order valence-electron chi connectivity index (χ3n) is 5.50. The third-order valence-corrected chi connectivity index (χ3v) is 8.51. The smallest absolute Gasteiger partial charge is 0.243 e. The highest BCUT2D eigenvalue weighted by molar-refractivity contribution is 7.89. The number of aromatic nitrogens is 1. The Morgan fingerprint density at radius 2 is 1.87 bits per heavy atom. The number of piperidine rings is 1. The van der Waals surface area contributed by atoms with E-state index < -0.39 is 10.0 Å². The standard InChI is InChI=1S/C22H25N3O4S2/c1-29-17-6-8-18(9-7-17)31(27,28)25-14-11-16(12-15-25)22(26)23-13-10-21-24-19-4-2-3-5-20(19)30-21/h2-9,16H,10-15H2,1H3,(H,23,26). The Labute approximate surface area is 186 Å². The van der Waals surface area contributed by atoms with Gasteiger partial charge in [-0.05, 0) is 49.2 Å². The van der Waals surface area contributed by atoms with Crippen LogP contribution < -0.4 is 10.1 Å². The number of hydrogen-bond acceptors (Lipinski definition) is 6. The number of nitrogens with zero attached hydrogens (tertiary/aromatic N) is 2. The SMILES string of the molecule is COc1ccc(S(=O)(=O)N2CCC(C(=O)NCCc3nc4ccccc4s3)CC2)cc1.